The number of carbonyl (C=O) groups excluding carboxylic acids is 2. The molecule has 0 aliphatic carbocycles. The Balaban J connectivity index is 2.10. The minimum absolute atomic E-state index is 0.122. The summed E-state index contributed by atoms with van der Waals surface area (Å²) in [5.74, 6) is -0.665. The fourth-order valence-corrected chi connectivity index (χ4v) is 2.58. The molecule has 7 nitrogen and oxygen atoms in total. The van der Waals surface area contributed by atoms with Crippen LogP contribution in [0.15, 0.2) is 36.4 Å². The Labute approximate surface area is 167 Å². The van der Waals surface area contributed by atoms with E-state index < -0.39 is 18.0 Å². The number of benzene rings is 2. The maximum atomic E-state index is 12.4. The zero-order valence-electron chi connectivity index (χ0n) is 15.6. The average molecular weight is 403 g/mol. The van der Waals surface area contributed by atoms with Gasteiger partial charge in [0.1, 0.15) is 0 Å². The Kier molecular flexibility index (Phi) is 7.24. The van der Waals surface area contributed by atoms with Crippen molar-refractivity contribution in [2.75, 3.05) is 19.0 Å². The van der Waals surface area contributed by atoms with Crippen molar-refractivity contribution in [1.29, 1.82) is 5.26 Å². The Hall–Kier alpha value is -3.24. The van der Waals surface area contributed by atoms with Crippen molar-refractivity contribution in [3.05, 3.63) is 52.5 Å². The Morgan fingerprint density at radius 2 is 2.04 bits per heavy atom. The van der Waals surface area contributed by atoms with E-state index in [2.05, 4.69) is 5.32 Å². The topological polar surface area (TPSA) is 97.6 Å². The molecule has 146 valence electrons. The summed E-state index contributed by atoms with van der Waals surface area (Å²) in [4.78, 5) is 24.7. The van der Waals surface area contributed by atoms with Gasteiger partial charge in [-0.15, -0.1) is 0 Å². The standard InChI is InChI=1S/C20H19ClN2O5/c1-4-27-18-16(21)9-14(10-17(18)26-3)20(25)28-12(2)19(24)23-15-7-5-6-13(8-15)11-22/h5-10,12H,4H2,1-3H3,(H,23,24)/t12-/m0/s1. The lowest BCUT2D eigenvalue weighted by Gasteiger charge is -2.15. The number of hydrogen-bond acceptors (Lipinski definition) is 6. The van der Waals surface area contributed by atoms with Gasteiger partial charge in [-0.3, -0.25) is 4.79 Å². The molecule has 0 unspecified atom stereocenters. The molecule has 0 bridgehead atoms. The van der Waals surface area contributed by atoms with Crippen LogP contribution in [0.2, 0.25) is 5.02 Å². The van der Waals surface area contributed by atoms with Crippen molar-refractivity contribution in [2.24, 2.45) is 0 Å². The lowest BCUT2D eigenvalue weighted by atomic mass is 10.2. The summed E-state index contributed by atoms with van der Waals surface area (Å²) in [7, 11) is 1.43. The quantitative estimate of drug-likeness (QED) is 0.707. The number of anilines is 1. The fraction of sp³-hybridized carbons (Fsp3) is 0.250. The SMILES string of the molecule is CCOc1c(Cl)cc(C(=O)O[C@@H](C)C(=O)Nc2cccc(C#N)c2)cc1OC. The number of methoxy groups -OCH3 is 1. The smallest absolute Gasteiger partial charge is 0.339 e. The lowest BCUT2D eigenvalue weighted by molar-refractivity contribution is -0.123. The van der Waals surface area contributed by atoms with Crippen LogP contribution in [-0.2, 0) is 9.53 Å². The van der Waals surface area contributed by atoms with Crippen LogP contribution in [0.5, 0.6) is 11.5 Å². The van der Waals surface area contributed by atoms with Gasteiger partial charge in [0, 0.05) is 5.69 Å². The van der Waals surface area contributed by atoms with Crippen molar-refractivity contribution >= 4 is 29.2 Å². The van der Waals surface area contributed by atoms with E-state index in [1.165, 1.54) is 32.2 Å². The van der Waals surface area contributed by atoms with Gasteiger partial charge in [-0.2, -0.15) is 5.26 Å². The molecule has 8 heteroatoms. The van der Waals surface area contributed by atoms with Crippen molar-refractivity contribution in [1.82, 2.24) is 0 Å². The number of esters is 1. The van der Waals surface area contributed by atoms with E-state index >= 15 is 0 Å². The van der Waals surface area contributed by atoms with E-state index in [-0.39, 0.29) is 16.3 Å². The summed E-state index contributed by atoms with van der Waals surface area (Å²) in [6.45, 7) is 3.61. The average Bonchev–Trinajstić information content (AvgIpc) is 2.69. The van der Waals surface area contributed by atoms with E-state index in [1.807, 2.05) is 6.07 Å². The van der Waals surface area contributed by atoms with Gasteiger partial charge in [-0.1, -0.05) is 17.7 Å². The molecule has 2 aromatic carbocycles. The van der Waals surface area contributed by atoms with E-state index in [0.29, 0.717) is 23.6 Å². The van der Waals surface area contributed by atoms with Gasteiger partial charge in [0.2, 0.25) is 0 Å². The van der Waals surface area contributed by atoms with Gasteiger partial charge in [0.15, 0.2) is 17.6 Å². The largest absolute Gasteiger partial charge is 0.493 e. The summed E-state index contributed by atoms with van der Waals surface area (Å²) in [6.07, 6.45) is -1.07. The van der Waals surface area contributed by atoms with Gasteiger partial charge in [0.25, 0.3) is 5.91 Å². The zero-order chi connectivity index (χ0) is 20.7. The van der Waals surface area contributed by atoms with Crippen LogP contribution < -0.4 is 14.8 Å². The Bertz CT molecular complexity index is 923. The second-order valence-corrected chi connectivity index (χ2v) is 6.06. The lowest BCUT2D eigenvalue weighted by Crippen LogP contribution is -2.30. The van der Waals surface area contributed by atoms with Crippen LogP contribution in [0, 0.1) is 11.3 Å². The Morgan fingerprint density at radius 1 is 1.29 bits per heavy atom. The van der Waals surface area contributed by atoms with Crippen LogP contribution in [-0.4, -0.2) is 31.7 Å². The molecular formula is C20H19ClN2O5. The molecule has 0 spiro atoms. The fourth-order valence-electron chi connectivity index (χ4n) is 2.31. The van der Waals surface area contributed by atoms with Gasteiger partial charge >= 0.3 is 5.97 Å². The first kappa shape index (κ1) is 21.1. The van der Waals surface area contributed by atoms with E-state index in [9.17, 15) is 9.59 Å². The molecule has 1 atom stereocenters. The van der Waals surface area contributed by atoms with Crippen molar-refractivity contribution in [2.45, 2.75) is 20.0 Å². The number of halogens is 1. The number of amides is 1. The highest BCUT2D eigenvalue weighted by Gasteiger charge is 2.22. The summed E-state index contributed by atoms with van der Waals surface area (Å²) in [5, 5.41) is 11.7. The predicted octanol–water partition coefficient (Wildman–Crippen LogP) is 3.80. The molecule has 0 aliphatic heterocycles. The van der Waals surface area contributed by atoms with E-state index in [1.54, 1.807) is 25.1 Å². The minimum Gasteiger partial charge on any atom is -0.493 e. The molecule has 2 rings (SSSR count). The monoisotopic (exact) mass is 402 g/mol. The predicted molar refractivity (Wildman–Crippen MR) is 104 cm³/mol. The van der Waals surface area contributed by atoms with Gasteiger partial charge < -0.3 is 19.5 Å². The number of nitrogens with one attached hydrogen (secondary N) is 1. The van der Waals surface area contributed by atoms with Gasteiger partial charge in [-0.05, 0) is 44.2 Å². The molecule has 1 N–H and O–H groups in total. The van der Waals surface area contributed by atoms with Crippen LogP contribution in [0.25, 0.3) is 0 Å². The molecule has 0 saturated carbocycles. The second kappa shape index (κ2) is 9.62. The molecule has 0 aromatic heterocycles. The first-order chi connectivity index (χ1) is 13.4. The van der Waals surface area contributed by atoms with Crippen molar-refractivity contribution < 1.29 is 23.8 Å². The zero-order valence-corrected chi connectivity index (χ0v) is 16.4. The first-order valence-electron chi connectivity index (χ1n) is 8.42. The maximum Gasteiger partial charge on any atom is 0.339 e. The van der Waals surface area contributed by atoms with Crippen LogP contribution in [0.4, 0.5) is 5.69 Å². The van der Waals surface area contributed by atoms with E-state index in [4.69, 9.17) is 31.1 Å². The molecule has 0 heterocycles. The van der Waals surface area contributed by atoms with Crippen molar-refractivity contribution in [3.63, 3.8) is 0 Å². The highest BCUT2D eigenvalue weighted by molar-refractivity contribution is 6.32. The summed E-state index contributed by atoms with van der Waals surface area (Å²) >= 11 is 6.15. The Morgan fingerprint density at radius 3 is 2.68 bits per heavy atom. The molecule has 1 amide bonds. The molecule has 0 radical (unpaired) electrons. The highest BCUT2D eigenvalue weighted by atomic mass is 35.5. The van der Waals surface area contributed by atoms with Gasteiger partial charge in [-0.25, -0.2) is 4.79 Å². The second-order valence-electron chi connectivity index (χ2n) is 5.65. The number of nitrogens with zero attached hydrogens (tertiary/aromatic N) is 1. The van der Waals surface area contributed by atoms with E-state index in [0.717, 1.165) is 0 Å². The first-order valence-corrected chi connectivity index (χ1v) is 8.79. The molecule has 0 saturated heterocycles. The summed E-state index contributed by atoms with van der Waals surface area (Å²) in [5.41, 5.74) is 0.952. The normalized spacial score (nSPS) is 11.1. The molecule has 0 aliphatic rings. The van der Waals surface area contributed by atoms with Crippen LogP contribution >= 0.6 is 11.6 Å². The van der Waals surface area contributed by atoms with Gasteiger partial charge in [0.05, 0.1) is 35.9 Å². The highest BCUT2D eigenvalue weighted by Crippen LogP contribution is 2.36. The molecular weight excluding hydrogens is 384 g/mol. The third kappa shape index (κ3) is 5.15. The maximum absolute atomic E-state index is 12.4. The summed E-state index contributed by atoms with van der Waals surface area (Å²) < 4.78 is 15.8. The van der Waals surface area contributed by atoms with Crippen LogP contribution in [0.1, 0.15) is 29.8 Å². The molecule has 28 heavy (non-hydrogen) atoms. The molecule has 2 aromatic rings. The number of nitriles is 1. The number of carbonyl (C=O) groups is 2. The van der Waals surface area contributed by atoms with Crippen LogP contribution in [0.3, 0.4) is 0 Å². The van der Waals surface area contributed by atoms with Crippen molar-refractivity contribution in [3.8, 4) is 17.6 Å². The summed E-state index contributed by atoms with van der Waals surface area (Å²) in [6, 6.07) is 11.2. The third-order valence-electron chi connectivity index (χ3n) is 3.67. The number of rotatable bonds is 7. The molecule has 0 fully saturated rings. The number of ether oxygens (including phenoxy) is 3. The third-order valence-corrected chi connectivity index (χ3v) is 3.95. The minimum atomic E-state index is -1.07. The number of hydrogen-bond donors (Lipinski definition) is 1.